The summed E-state index contributed by atoms with van der Waals surface area (Å²) >= 11 is 0. The van der Waals surface area contributed by atoms with E-state index in [2.05, 4.69) is 15.9 Å². The topological polar surface area (TPSA) is 114 Å². The quantitative estimate of drug-likeness (QED) is 0.765. The van der Waals surface area contributed by atoms with E-state index in [-0.39, 0.29) is 0 Å². The molecule has 0 atom stereocenters. The fraction of sp³-hybridized carbons (Fsp3) is 0.286. The van der Waals surface area contributed by atoms with Crippen LogP contribution >= 0.6 is 0 Å². The van der Waals surface area contributed by atoms with Gasteiger partial charge >= 0.3 is 0 Å². The average molecular weight is 319 g/mol. The lowest BCUT2D eigenvalue weighted by atomic mass is 10.1. The van der Waals surface area contributed by atoms with E-state index in [1.807, 2.05) is 30.3 Å². The number of hydrogen-bond donors (Lipinski definition) is 2. The maximum atomic E-state index is 11.0. The van der Waals surface area contributed by atoms with Gasteiger partial charge in [0.25, 0.3) is 0 Å². The molecule has 0 spiro atoms. The monoisotopic (exact) mass is 319 g/mol. The van der Waals surface area contributed by atoms with Crippen molar-refractivity contribution < 1.29 is 8.42 Å². The van der Waals surface area contributed by atoms with E-state index in [0.29, 0.717) is 36.5 Å². The molecule has 1 heterocycles. The predicted octanol–water partition coefficient (Wildman–Crippen LogP) is 0.808. The second kappa shape index (κ2) is 6.60. The highest BCUT2D eigenvalue weighted by molar-refractivity contribution is 7.88. The largest absolute Gasteiger partial charge is 0.382 e. The van der Waals surface area contributed by atoms with Gasteiger partial charge < -0.3 is 5.73 Å². The Balaban J connectivity index is 2.17. The number of nitriles is 1. The van der Waals surface area contributed by atoms with E-state index in [1.54, 1.807) is 0 Å². The molecule has 7 nitrogen and oxygen atoms in total. The fourth-order valence-corrected chi connectivity index (χ4v) is 2.57. The van der Waals surface area contributed by atoms with Crippen LogP contribution in [0.25, 0.3) is 5.69 Å². The van der Waals surface area contributed by atoms with Crippen LogP contribution in [0.5, 0.6) is 0 Å². The van der Waals surface area contributed by atoms with Gasteiger partial charge in [-0.25, -0.2) is 17.8 Å². The van der Waals surface area contributed by atoms with Gasteiger partial charge in [-0.3, -0.25) is 0 Å². The Hall–Kier alpha value is -2.37. The highest BCUT2D eigenvalue weighted by atomic mass is 32.2. The molecule has 22 heavy (non-hydrogen) atoms. The Bertz CT molecular complexity index is 791. The highest BCUT2D eigenvalue weighted by Gasteiger charge is 2.16. The molecule has 0 aliphatic carbocycles. The van der Waals surface area contributed by atoms with Crippen LogP contribution in [0.2, 0.25) is 0 Å². The third-order valence-electron chi connectivity index (χ3n) is 3.06. The maximum absolute atomic E-state index is 11.0. The third kappa shape index (κ3) is 3.84. The number of hydrogen-bond acceptors (Lipinski definition) is 5. The van der Waals surface area contributed by atoms with Crippen molar-refractivity contribution in [2.75, 3.05) is 18.5 Å². The molecule has 1 aromatic carbocycles. The lowest BCUT2D eigenvalue weighted by molar-refractivity contribution is 0.584. The average Bonchev–Trinajstić information content (AvgIpc) is 2.79. The molecule has 0 saturated heterocycles. The van der Waals surface area contributed by atoms with Gasteiger partial charge in [0.15, 0.2) is 0 Å². The van der Waals surface area contributed by atoms with E-state index in [0.717, 1.165) is 11.9 Å². The van der Waals surface area contributed by atoms with E-state index in [1.165, 1.54) is 4.68 Å². The van der Waals surface area contributed by atoms with E-state index in [9.17, 15) is 13.7 Å². The van der Waals surface area contributed by atoms with Crippen molar-refractivity contribution in [1.82, 2.24) is 14.5 Å². The molecule has 0 saturated carbocycles. The molecule has 2 aromatic rings. The Morgan fingerprint density at radius 1 is 1.36 bits per heavy atom. The number of anilines is 1. The van der Waals surface area contributed by atoms with Crippen LogP contribution in [-0.4, -0.2) is 31.0 Å². The summed E-state index contributed by atoms with van der Waals surface area (Å²) in [7, 11) is -3.21. The molecular formula is C14H17N5O2S. The minimum atomic E-state index is -3.21. The van der Waals surface area contributed by atoms with Gasteiger partial charge in [-0.15, -0.1) is 0 Å². The predicted molar refractivity (Wildman–Crippen MR) is 83.9 cm³/mol. The summed E-state index contributed by atoms with van der Waals surface area (Å²) in [5.74, 6) is 0.291. The highest BCUT2D eigenvalue weighted by Crippen LogP contribution is 2.21. The summed E-state index contributed by atoms with van der Waals surface area (Å²) in [6.45, 7) is 0.293. The molecule has 0 radical (unpaired) electrons. The van der Waals surface area contributed by atoms with Gasteiger partial charge in [-0.05, 0) is 25.0 Å². The summed E-state index contributed by atoms with van der Waals surface area (Å²) in [4.78, 5) is 0. The second-order valence-electron chi connectivity index (χ2n) is 4.84. The Morgan fingerprint density at radius 3 is 2.64 bits per heavy atom. The van der Waals surface area contributed by atoms with Crippen LogP contribution in [0, 0.1) is 11.3 Å². The first-order chi connectivity index (χ1) is 10.4. The molecule has 0 amide bonds. The summed E-state index contributed by atoms with van der Waals surface area (Å²) in [5.41, 5.74) is 7.67. The first kappa shape index (κ1) is 16.0. The number of benzene rings is 1. The molecule has 0 bridgehead atoms. The summed E-state index contributed by atoms with van der Waals surface area (Å²) < 4.78 is 25.9. The van der Waals surface area contributed by atoms with Crippen molar-refractivity contribution in [2.24, 2.45) is 0 Å². The molecule has 1 aromatic heterocycles. The lowest BCUT2D eigenvalue weighted by Gasteiger charge is -2.02. The molecule has 3 N–H and O–H groups in total. The van der Waals surface area contributed by atoms with Crippen molar-refractivity contribution in [2.45, 2.75) is 12.8 Å². The van der Waals surface area contributed by atoms with Crippen LogP contribution in [0.4, 0.5) is 5.82 Å². The van der Waals surface area contributed by atoms with Gasteiger partial charge in [0.1, 0.15) is 17.5 Å². The standard InChI is InChI=1S/C14H17N5O2S/c1-22(20,21)17-9-5-8-13-12(10-15)14(16)19(18-13)11-6-3-2-4-7-11/h2-4,6-7,17H,5,8-9,16H2,1H3. The number of nitrogen functional groups attached to an aromatic ring is 1. The number of nitrogens with one attached hydrogen (secondary N) is 1. The minimum Gasteiger partial charge on any atom is -0.382 e. The van der Waals surface area contributed by atoms with Gasteiger partial charge in [0.05, 0.1) is 17.6 Å². The molecule has 116 valence electrons. The molecule has 8 heteroatoms. The van der Waals surface area contributed by atoms with Crippen LogP contribution < -0.4 is 10.5 Å². The van der Waals surface area contributed by atoms with Crippen LogP contribution in [0.15, 0.2) is 30.3 Å². The van der Waals surface area contributed by atoms with E-state index in [4.69, 9.17) is 5.73 Å². The van der Waals surface area contributed by atoms with Crippen molar-refractivity contribution in [3.05, 3.63) is 41.6 Å². The smallest absolute Gasteiger partial charge is 0.208 e. The Kier molecular flexibility index (Phi) is 4.80. The van der Waals surface area contributed by atoms with Crippen LogP contribution in [0.1, 0.15) is 17.7 Å². The molecule has 0 aliphatic rings. The van der Waals surface area contributed by atoms with Crippen LogP contribution in [-0.2, 0) is 16.4 Å². The zero-order chi connectivity index (χ0) is 16.2. The van der Waals surface area contributed by atoms with Crippen molar-refractivity contribution in [3.8, 4) is 11.8 Å². The van der Waals surface area contributed by atoms with Gasteiger partial charge in [-0.2, -0.15) is 10.4 Å². The zero-order valence-corrected chi connectivity index (χ0v) is 13.0. The number of nitrogens with two attached hydrogens (primary N) is 1. The van der Waals surface area contributed by atoms with Gasteiger partial charge in [0, 0.05) is 6.54 Å². The molecule has 2 rings (SSSR count). The zero-order valence-electron chi connectivity index (χ0n) is 12.2. The summed E-state index contributed by atoms with van der Waals surface area (Å²) in [6, 6.07) is 11.4. The number of para-hydroxylation sites is 1. The minimum absolute atomic E-state index is 0.291. The summed E-state index contributed by atoms with van der Waals surface area (Å²) in [6.07, 6.45) is 2.11. The normalized spacial score (nSPS) is 11.3. The third-order valence-corrected chi connectivity index (χ3v) is 3.79. The van der Waals surface area contributed by atoms with Gasteiger partial charge in [-0.1, -0.05) is 18.2 Å². The first-order valence-electron chi connectivity index (χ1n) is 6.70. The number of sulfonamides is 1. The Morgan fingerprint density at radius 2 is 2.05 bits per heavy atom. The van der Waals surface area contributed by atoms with Crippen molar-refractivity contribution in [1.29, 1.82) is 5.26 Å². The molecule has 0 aliphatic heterocycles. The second-order valence-corrected chi connectivity index (χ2v) is 6.67. The fourth-order valence-electron chi connectivity index (χ4n) is 2.05. The van der Waals surface area contributed by atoms with E-state index < -0.39 is 10.0 Å². The van der Waals surface area contributed by atoms with Crippen LogP contribution in [0.3, 0.4) is 0 Å². The van der Waals surface area contributed by atoms with Crippen molar-refractivity contribution in [3.63, 3.8) is 0 Å². The molecular weight excluding hydrogens is 302 g/mol. The Labute approximate surface area is 129 Å². The molecule has 0 unspecified atom stereocenters. The lowest BCUT2D eigenvalue weighted by Crippen LogP contribution is -2.23. The van der Waals surface area contributed by atoms with Crippen molar-refractivity contribution >= 4 is 15.8 Å². The number of aromatic nitrogens is 2. The number of rotatable bonds is 6. The number of nitrogens with zero attached hydrogens (tertiary/aromatic N) is 3. The van der Waals surface area contributed by atoms with E-state index >= 15 is 0 Å². The van der Waals surface area contributed by atoms with Gasteiger partial charge in [0.2, 0.25) is 10.0 Å². The summed E-state index contributed by atoms with van der Waals surface area (Å²) in [5, 5.41) is 13.6. The molecule has 0 fully saturated rings. The SMILES string of the molecule is CS(=O)(=O)NCCCc1nn(-c2ccccc2)c(N)c1C#N. The first-order valence-corrected chi connectivity index (χ1v) is 8.59. The maximum Gasteiger partial charge on any atom is 0.208 e. The number of aryl methyl sites for hydroxylation is 1.